The standard InChI is InChI=1S/C17H12N6O6S2/c24-22(25)13-3-1-4-14(10-13)31(28,29)21-20-11-12-5-6-16(15(9-12)23(26)27)30-17-18-7-2-8-19-17/h1-11,21H. The highest BCUT2D eigenvalue weighted by atomic mass is 32.2. The van der Waals surface area contributed by atoms with Gasteiger partial charge in [-0.3, -0.25) is 20.2 Å². The third kappa shape index (κ3) is 5.58. The molecule has 0 aliphatic heterocycles. The van der Waals surface area contributed by atoms with E-state index >= 15 is 0 Å². The Bertz CT molecular complexity index is 1270. The molecule has 0 aliphatic rings. The summed E-state index contributed by atoms with van der Waals surface area (Å²) in [7, 11) is -4.17. The van der Waals surface area contributed by atoms with E-state index in [1.54, 1.807) is 6.07 Å². The molecule has 0 saturated heterocycles. The number of nitro benzene ring substituents is 2. The summed E-state index contributed by atoms with van der Waals surface area (Å²) in [5.41, 5.74) is -0.368. The molecule has 2 aromatic carbocycles. The molecule has 0 radical (unpaired) electrons. The number of hydrazone groups is 1. The number of hydrogen-bond donors (Lipinski definition) is 1. The van der Waals surface area contributed by atoms with Crippen LogP contribution in [0.15, 0.2) is 81.0 Å². The van der Waals surface area contributed by atoms with Crippen LogP contribution < -0.4 is 4.83 Å². The Labute approximate surface area is 179 Å². The molecule has 3 rings (SSSR count). The summed E-state index contributed by atoms with van der Waals surface area (Å²) < 4.78 is 24.5. The number of hydrogen-bond acceptors (Lipinski definition) is 10. The molecule has 0 amide bonds. The smallest absolute Gasteiger partial charge is 0.258 e. The van der Waals surface area contributed by atoms with Crippen molar-refractivity contribution in [3.05, 3.63) is 86.7 Å². The third-order valence-corrected chi connectivity index (χ3v) is 5.83. The van der Waals surface area contributed by atoms with Crippen LogP contribution >= 0.6 is 11.8 Å². The molecule has 0 unspecified atom stereocenters. The van der Waals surface area contributed by atoms with Crippen molar-refractivity contribution in [1.82, 2.24) is 14.8 Å². The van der Waals surface area contributed by atoms with E-state index in [1.165, 1.54) is 42.7 Å². The van der Waals surface area contributed by atoms with Crippen LogP contribution in [0.2, 0.25) is 0 Å². The Balaban J connectivity index is 1.79. The van der Waals surface area contributed by atoms with Gasteiger partial charge in [0.05, 0.1) is 25.9 Å². The van der Waals surface area contributed by atoms with Crippen molar-refractivity contribution in [2.45, 2.75) is 14.9 Å². The molecular weight excluding hydrogens is 448 g/mol. The van der Waals surface area contributed by atoms with Crippen molar-refractivity contribution in [2.24, 2.45) is 5.10 Å². The van der Waals surface area contributed by atoms with E-state index in [-0.39, 0.29) is 16.1 Å². The van der Waals surface area contributed by atoms with E-state index in [9.17, 15) is 28.6 Å². The molecule has 1 aromatic heterocycles. The van der Waals surface area contributed by atoms with Gasteiger partial charge in [0.2, 0.25) is 0 Å². The number of non-ortho nitro benzene ring substituents is 1. The summed E-state index contributed by atoms with van der Waals surface area (Å²) in [6.45, 7) is 0. The predicted molar refractivity (Wildman–Crippen MR) is 110 cm³/mol. The highest BCUT2D eigenvalue weighted by Gasteiger charge is 2.18. The number of nitrogens with one attached hydrogen (secondary N) is 1. The minimum absolute atomic E-state index is 0.233. The van der Waals surface area contributed by atoms with E-state index in [4.69, 9.17) is 0 Å². The SMILES string of the molecule is O=[N+]([O-])c1cccc(S(=O)(=O)NN=Cc2ccc(Sc3ncccn3)c([N+](=O)[O-])c2)c1. The maximum absolute atomic E-state index is 12.3. The monoisotopic (exact) mass is 460 g/mol. The van der Waals surface area contributed by atoms with E-state index in [0.717, 1.165) is 30.1 Å². The van der Waals surface area contributed by atoms with Crippen LogP contribution in [0, 0.1) is 20.2 Å². The molecule has 12 nitrogen and oxygen atoms in total. The average Bonchev–Trinajstić information content (AvgIpc) is 2.75. The van der Waals surface area contributed by atoms with E-state index in [1.807, 2.05) is 4.83 Å². The molecule has 0 saturated carbocycles. The minimum Gasteiger partial charge on any atom is -0.258 e. The maximum Gasteiger partial charge on any atom is 0.283 e. The molecule has 1 N–H and O–H groups in total. The van der Waals surface area contributed by atoms with Crippen LogP contribution in [-0.2, 0) is 10.0 Å². The topological polar surface area (TPSA) is 171 Å². The average molecular weight is 460 g/mol. The maximum atomic E-state index is 12.3. The van der Waals surface area contributed by atoms with Gasteiger partial charge in [-0.05, 0) is 30.0 Å². The molecule has 158 valence electrons. The van der Waals surface area contributed by atoms with Gasteiger partial charge in [-0.15, -0.1) is 0 Å². The Hall–Kier alpha value is -3.91. The first-order valence-electron chi connectivity index (χ1n) is 8.29. The van der Waals surface area contributed by atoms with Gasteiger partial charge in [0.25, 0.3) is 21.4 Å². The lowest BCUT2D eigenvalue weighted by Crippen LogP contribution is -2.18. The molecule has 0 bridgehead atoms. The lowest BCUT2D eigenvalue weighted by Gasteiger charge is -2.04. The largest absolute Gasteiger partial charge is 0.283 e. The Morgan fingerprint density at radius 3 is 2.42 bits per heavy atom. The molecule has 0 spiro atoms. The zero-order valence-corrected chi connectivity index (χ0v) is 17.0. The van der Waals surface area contributed by atoms with Crippen molar-refractivity contribution >= 4 is 39.4 Å². The van der Waals surface area contributed by atoms with E-state index in [0.29, 0.717) is 10.1 Å². The van der Waals surface area contributed by atoms with Gasteiger partial charge in [-0.1, -0.05) is 12.1 Å². The van der Waals surface area contributed by atoms with Crippen LogP contribution in [0.5, 0.6) is 0 Å². The fourth-order valence-electron chi connectivity index (χ4n) is 2.27. The second kappa shape index (κ2) is 9.27. The number of rotatable bonds is 8. The lowest BCUT2D eigenvalue weighted by molar-refractivity contribution is -0.387. The van der Waals surface area contributed by atoms with Crippen LogP contribution in [-0.4, -0.2) is 34.4 Å². The van der Waals surface area contributed by atoms with Gasteiger partial charge in [-0.2, -0.15) is 13.5 Å². The van der Waals surface area contributed by atoms with Gasteiger partial charge in [0.15, 0.2) is 5.16 Å². The van der Waals surface area contributed by atoms with Crippen molar-refractivity contribution in [3.63, 3.8) is 0 Å². The molecule has 1 heterocycles. The summed E-state index contributed by atoms with van der Waals surface area (Å²) in [4.78, 5) is 30.8. The third-order valence-electron chi connectivity index (χ3n) is 3.65. The number of nitrogens with zero attached hydrogens (tertiary/aromatic N) is 5. The second-order valence-electron chi connectivity index (χ2n) is 5.73. The number of sulfonamides is 1. The first-order valence-corrected chi connectivity index (χ1v) is 10.6. The highest BCUT2D eigenvalue weighted by Crippen LogP contribution is 2.33. The van der Waals surface area contributed by atoms with Crippen LogP contribution in [0.1, 0.15) is 5.56 Å². The normalized spacial score (nSPS) is 11.4. The second-order valence-corrected chi connectivity index (χ2v) is 8.40. The van der Waals surface area contributed by atoms with Gasteiger partial charge < -0.3 is 0 Å². The summed E-state index contributed by atoms with van der Waals surface area (Å²) in [5, 5.41) is 26.1. The molecule has 31 heavy (non-hydrogen) atoms. The minimum atomic E-state index is -4.17. The molecule has 0 atom stereocenters. The Morgan fingerprint density at radius 2 is 1.74 bits per heavy atom. The number of benzene rings is 2. The summed E-state index contributed by atoms with van der Waals surface area (Å²) in [6.07, 6.45) is 4.10. The molecule has 14 heteroatoms. The van der Waals surface area contributed by atoms with Crippen molar-refractivity contribution < 1.29 is 18.3 Å². The predicted octanol–water partition coefficient (Wildman–Crippen LogP) is 2.76. The number of aromatic nitrogens is 2. The van der Waals surface area contributed by atoms with Crippen LogP contribution in [0.3, 0.4) is 0 Å². The molecule has 3 aromatic rings. The van der Waals surface area contributed by atoms with Crippen molar-refractivity contribution in [1.29, 1.82) is 0 Å². The first kappa shape index (κ1) is 21.8. The molecule has 0 aliphatic carbocycles. The zero-order chi connectivity index (χ0) is 22.4. The fraction of sp³-hybridized carbons (Fsp3) is 0. The van der Waals surface area contributed by atoms with Crippen LogP contribution in [0.4, 0.5) is 11.4 Å². The molecular formula is C17H12N6O6S2. The van der Waals surface area contributed by atoms with Crippen LogP contribution in [0.25, 0.3) is 0 Å². The van der Waals surface area contributed by atoms with Gasteiger partial charge in [-0.25, -0.2) is 14.8 Å². The van der Waals surface area contributed by atoms with Gasteiger partial charge in [0, 0.05) is 36.2 Å². The quantitative estimate of drug-likeness (QED) is 0.230. The zero-order valence-electron chi connectivity index (χ0n) is 15.4. The van der Waals surface area contributed by atoms with Crippen molar-refractivity contribution in [3.8, 4) is 0 Å². The van der Waals surface area contributed by atoms with E-state index < -0.39 is 25.6 Å². The summed E-state index contributed by atoms with van der Waals surface area (Å²) in [5.74, 6) is 0. The van der Waals surface area contributed by atoms with E-state index in [2.05, 4.69) is 15.1 Å². The highest BCUT2D eigenvalue weighted by molar-refractivity contribution is 7.99. The fourth-order valence-corrected chi connectivity index (χ4v) is 3.90. The lowest BCUT2D eigenvalue weighted by atomic mass is 10.2. The van der Waals surface area contributed by atoms with Gasteiger partial charge >= 0.3 is 0 Å². The van der Waals surface area contributed by atoms with Gasteiger partial charge in [0.1, 0.15) is 0 Å². The Morgan fingerprint density at radius 1 is 1.00 bits per heavy atom. The summed E-state index contributed by atoms with van der Waals surface area (Å²) >= 11 is 1.01. The van der Waals surface area contributed by atoms with Crippen molar-refractivity contribution in [2.75, 3.05) is 0 Å². The first-order chi connectivity index (χ1) is 14.8. The number of nitro groups is 2. The Kier molecular flexibility index (Phi) is 6.52. The summed E-state index contributed by atoms with van der Waals surface area (Å²) in [6, 6.07) is 10.3. The molecule has 0 fully saturated rings.